The van der Waals surface area contributed by atoms with E-state index in [-0.39, 0.29) is 11.2 Å². The Hall–Kier alpha value is -2.63. The molecule has 1 aromatic carbocycles. The standard InChI is InChI=1S/C21H21F6N3O2S/c1-12-11-33-19(28-12)29-17(31)10-30(16-5-3-2-4-6-16)18(32)13-7-14(20(22,23)24)9-15(8-13)21(25,26)27/h7-9,11,16H,2-6,10H2,1H3,(H,28,29,31). The Morgan fingerprint density at radius 2 is 1.61 bits per heavy atom. The molecule has 0 spiro atoms. The highest BCUT2D eigenvalue weighted by molar-refractivity contribution is 7.13. The second kappa shape index (κ2) is 9.70. The van der Waals surface area contributed by atoms with Gasteiger partial charge in [0.15, 0.2) is 5.13 Å². The van der Waals surface area contributed by atoms with Crippen LogP contribution in [0, 0.1) is 6.92 Å². The molecule has 0 aliphatic heterocycles. The van der Waals surface area contributed by atoms with Crippen molar-refractivity contribution >= 4 is 28.3 Å². The number of hydrogen-bond acceptors (Lipinski definition) is 4. The molecule has 0 atom stereocenters. The van der Waals surface area contributed by atoms with Gasteiger partial charge in [0.2, 0.25) is 5.91 Å². The molecule has 1 aliphatic carbocycles. The number of nitrogens with zero attached hydrogens (tertiary/aromatic N) is 2. The molecule has 1 saturated carbocycles. The molecule has 1 fully saturated rings. The molecule has 33 heavy (non-hydrogen) atoms. The van der Waals surface area contributed by atoms with Crippen molar-refractivity contribution in [1.82, 2.24) is 9.88 Å². The third-order valence-corrected chi connectivity index (χ3v) is 6.17. The molecule has 2 aromatic rings. The van der Waals surface area contributed by atoms with Gasteiger partial charge in [0.1, 0.15) is 6.54 Å². The predicted octanol–water partition coefficient (Wildman–Crippen LogP) is 5.90. The highest BCUT2D eigenvalue weighted by Gasteiger charge is 2.38. The molecule has 2 amide bonds. The van der Waals surface area contributed by atoms with E-state index in [0.717, 1.165) is 35.5 Å². The van der Waals surface area contributed by atoms with Crippen LogP contribution in [-0.4, -0.2) is 34.3 Å². The molecule has 3 rings (SSSR count). The van der Waals surface area contributed by atoms with Crippen LogP contribution >= 0.6 is 11.3 Å². The number of carbonyl (C=O) groups is 2. The maximum atomic E-state index is 13.2. The van der Waals surface area contributed by atoms with Crippen molar-refractivity contribution in [1.29, 1.82) is 0 Å². The zero-order valence-electron chi connectivity index (χ0n) is 17.5. The van der Waals surface area contributed by atoms with E-state index in [9.17, 15) is 35.9 Å². The fraction of sp³-hybridized carbons (Fsp3) is 0.476. The first-order chi connectivity index (χ1) is 15.3. The van der Waals surface area contributed by atoms with Crippen molar-refractivity contribution in [2.75, 3.05) is 11.9 Å². The Labute approximate surface area is 189 Å². The Balaban J connectivity index is 1.94. The van der Waals surface area contributed by atoms with Gasteiger partial charge in [-0.3, -0.25) is 9.59 Å². The molecular formula is C21H21F6N3O2S. The van der Waals surface area contributed by atoms with Gasteiger partial charge in [0, 0.05) is 17.0 Å². The Kier molecular flexibility index (Phi) is 7.35. The monoisotopic (exact) mass is 493 g/mol. The van der Waals surface area contributed by atoms with Crippen molar-refractivity contribution < 1.29 is 35.9 Å². The lowest BCUT2D eigenvalue weighted by Crippen LogP contribution is -2.45. The zero-order valence-corrected chi connectivity index (χ0v) is 18.3. The van der Waals surface area contributed by atoms with Gasteiger partial charge in [-0.05, 0) is 38.0 Å². The van der Waals surface area contributed by atoms with Crippen LogP contribution in [0.4, 0.5) is 31.5 Å². The van der Waals surface area contributed by atoms with Crippen molar-refractivity contribution in [3.05, 3.63) is 46.0 Å². The molecule has 180 valence electrons. The topological polar surface area (TPSA) is 62.3 Å². The second-order valence-corrected chi connectivity index (χ2v) is 8.72. The number of alkyl halides is 6. The molecule has 1 N–H and O–H groups in total. The van der Waals surface area contributed by atoms with Crippen molar-refractivity contribution in [2.45, 2.75) is 57.4 Å². The van der Waals surface area contributed by atoms with E-state index in [0.29, 0.717) is 30.7 Å². The minimum absolute atomic E-state index is 0.0285. The number of amides is 2. The lowest BCUT2D eigenvalue weighted by molar-refractivity contribution is -0.143. The first kappa shape index (κ1) is 25.0. The summed E-state index contributed by atoms with van der Waals surface area (Å²) in [4.78, 5) is 30.9. The Morgan fingerprint density at radius 3 is 2.09 bits per heavy atom. The van der Waals surface area contributed by atoms with Crippen LogP contribution in [0.15, 0.2) is 23.6 Å². The quantitative estimate of drug-likeness (QED) is 0.528. The van der Waals surface area contributed by atoms with E-state index < -0.39 is 53.4 Å². The van der Waals surface area contributed by atoms with Crippen LogP contribution in [0.2, 0.25) is 0 Å². The van der Waals surface area contributed by atoms with Crippen LogP contribution in [0.1, 0.15) is 59.3 Å². The number of halogens is 6. The summed E-state index contributed by atoms with van der Waals surface area (Å²) < 4.78 is 79.5. The van der Waals surface area contributed by atoms with E-state index >= 15 is 0 Å². The second-order valence-electron chi connectivity index (χ2n) is 7.86. The van der Waals surface area contributed by atoms with Crippen LogP contribution in [0.25, 0.3) is 0 Å². The number of anilines is 1. The first-order valence-corrected chi connectivity index (χ1v) is 11.0. The number of carbonyl (C=O) groups excluding carboxylic acids is 2. The maximum Gasteiger partial charge on any atom is 0.416 e. The van der Waals surface area contributed by atoms with Crippen molar-refractivity contribution in [2.24, 2.45) is 0 Å². The molecule has 0 saturated heterocycles. The summed E-state index contributed by atoms with van der Waals surface area (Å²) >= 11 is 1.16. The van der Waals surface area contributed by atoms with Gasteiger partial charge in [0.25, 0.3) is 5.91 Å². The number of nitrogens with one attached hydrogen (secondary N) is 1. The van der Waals surface area contributed by atoms with E-state index in [1.165, 1.54) is 0 Å². The minimum atomic E-state index is -5.08. The van der Waals surface area contributed by atoms with Crippen molar-refractivity contribution in [3.8, 4) is 0 Å². The maximum absolute atomic E-state index is 13.2. The fourth-order valence-electron chi connectivity index (χ4n) is 3.73. The summed E-state index contributed by atoms with van der Waals surface area (Å²) in [6.07, 6.45) is -6.79. The molecule has 0 radical (unpaired) electrons. The third kappa shape index (κ3) is 6.46. The largest absolute Gasteiger partial charge is 0.416 e. The van der Waals surface area contributed by atoms with Crippen LogP contribution in [-0.2, 0) is 17.1 Å². The van der Waals surface area contributed by atoms with Crippen molar-refractivity contribution in [3.63, 3.8) is 0 Å². The van der Waals surface area contributed by atoms with Crippen LogP contribution < -0.4 is 5.32 Å². The molecule has 1 aliphatic rings. The fourth-order valence-corrected chi connectivity index (χ4v) is 4.43. The third-order valence-electron chi connectivity index (χ3n) is 5.29. The summed E-state index contributed by atoms with van der Waals surface area (Å²) in [5, 5.41) is 4.50. The number of hydrogen-bond donors (Lipinski definition) is 1. The summed E-state index contributed by atoms with van der Waals surface area (Å²) in [5.41, 5.74) is -3.25. The van der Waals surface area contributed by atoms with E-state index in [1.807, 2.05) is 0 Å². The summed E-state index contributed by atoms with van der Waals surface area (Å²) in [6, 6.07) is 0.295. The number of aryl methyl sites for hydroxylation is 1. The van der Waals surface area contributed by atoms with Crippen LogP contribution in [0.5, 0.6) is 0 Å². The molecule has 5 nitrogen and oxygen atoms in total. The minimum Gasteiger partial charge on any atom is -0.326 e. The summed E-state index contributed by atoms with van der Waals surface area (Å²) in [7, 11) is 0. The number of rotatable bonds is 5. The average Bonchev–Trinajstić information content (AvgIpc) is 3.15. The highest BCUT2D eigenvalue weighted by atomic mass is 32.1. The van der Waals surface area contributed by atoms with Gasteiger partial charge < -0.3 is 10.2 Å². The van der Waals surface area contributed by atoms with Crippen LogP contribution in [0.3, 0.4) is 0 Å². The van der Waals surface area contributed by atoms with E-state index in [2.05, 4.69) is 10.3 Å². The first-order valence-electron chi connectivity index (χ1n) is 10.2. The van der Waals surface area contributed by atoms with Gasteiger partial charge in [-0.25, -0.2) is 4.98 Å². The number of benzene rings is 1. The lowest BCUT2D eigenvalue weighted by Gasteiger charge is -2.34. The molecular weight excluding hydrogens is 472 g/mol. The molecule has 0 bridgehead atoms. The molecule has 0 unspecified atom stereocenters. The lowest BCUT2D eigenvalue weighted by atomic mass is 9.93. The highest BCUT2D eigenvalue weighted by Crippen LogP contribution is 2.37. The number of thiazole rings is 1. The summed E-state index contributed by atoms with van der Waals surface area (Å²) in [5.74, 6) is -1.68. The van der Waals surface area contributed by atoms with E-state index in [1.54, 1.807) is 12.3 Å². The van der Waals surface area contributed by atoms with Gasteiger partial charge in [-0.2, -0.15) is 26.3 Å². The van der Waals surface area contributed by atoms with E-state index in [4.69, 9.17) is 0 Å². The Bertz CT molecular complexity index is 980. The summed E-state index contributed by atoms with van der Waals surface area (Å²) in [6.45, 7) is 1.20. The van der Waals surface area contributed by atoms with Gasteiger partial charge >= 0.3 is 12.4 Å². The zero-order chi connectivity index (χ0) is 24.4. The smallest absolute Gasteiger partial charge is 0.326 e. The normalized spacial score (nSPS) is 15.4. The molecule has 12 heteroatoms. The predicted molar refractivity (Wildman–Crippen MR) is 110 cm³/mol. The number of aromatic nitrogens is 1. The Morgan fingerprint density at radius 1 is 1.03 bits per heavy atom. The SMILES string of the molecule is Cc1csc(NC(=O)CN(C(=O)c2cc(C(F)(F)F)cc(C(F)(F)F)c2)C2CCCCC2)n1. The van der Waals surface area contributed by atoms with Gasteiger partial charge in [-0.1, -0.05) is 19.3 Å². The van der Waals surface area contributed by atoms with Gasteiger partial charge in [-0.15, -0.1) is 11.3 Å². The molecule has 1 heterocycles. The average molecular weight is 493 g/mol. The molecule has 1 aromatic heterocycles. The van der Waals surface area contributed by atoms with Gasteiger partial charge in [0.05, 0.1) is 16.8 Å².